The van der Waals surface area contributed by atoms with Crippen LogP contribution in [0.5, 0.6) is 0 Å². The molecule has 0 radical (unpaired) electrons. The van der Waals surface area contributed by atoms with E-state index in [1.54, 1.807) is 0 Å². The number of rotatable bonds is 3. The van der Waals surface area contributed by atoms with E-state index in [9.17, 15) is 4.79 Å². The van der Waals surface area contributed by atoms with Crippen molar-refractivity contribution in [2.75, 3.05) is 30.8 Å². The van der Waals surface area contributed by atoms with E-state index in [0.717, 1.165) is 30.9 Å². The minimum absolute atomic E-state index is 0.414. The zero-order valence-electron chi connectivity index (χ0n) is 13.3. The van der Waals surface area contributed by atoms with Crippen molar-refractivity contribution in [1.29, 1.82) is 0 Å². The number of nitrogens with zero attached hydrogens (tertiary/aromatic N) is 1. The summed E-state index contributed by atoms with van der Waals surface area (Å²) >= 11 is 0. The lowest BCUT2D eigenvalue weighted by atomic mass is 10.2. The van der Waals surface area contributed by atoms with Gasteiger partial charge in [0.1, 0.15) is 5.60 Å². The lowest BCUT2D eigenvalue weighted by Gasteiger charge is -2.21. The smallest absolute Gasteiger partial charge is 0.412 e. The van der Waals surface area contributed by atoms with Crippen molar-refractivity contribution in [2.24, 2.45) is 0 Å². The average molecular weight is 291 g/mol. The molecule has 1 atom stereocenters. The minimum atomic E-state index is -0.499. The Balaban J connectivity index is 2.01. The van der Waals surface area contributed by atoms with Gasteiger partial charge in [0.15, 0.2) is 0 Å². The first kappa shape index (κ1) is 15.6. The molecule has 1 aliphatic rings. The molecule has 1 fully saturated rings. The fraction of sp³-hybridized carbons (Fsp3) is 0.562. The summed E-state index contributed by atoms with van der Waals surface area (Å²) in [5.41, 5.74) is 1.19. The number of carbonyl (C=O) groups excluding carboxylic acids is 1. The van der Waals surface area contributed by atoms with Gasteiger partial charge in [0, 0.05) is 12.6 Å². The molecule has 5 nitrogen and oxygen atoms in total. The number of benzene rings is 1. The molecule has 1 unspecified atom stereocenters. The largest absolute Gasteiger partial charge is 0.444 e. The highest BCUT2D eigenvalue weighted by atomic mass is 16.6. The maximum absolute atomic E-state index is 11.9. The van der Waals surface area contributed by atoms with Gasteiger partial charge in [0.2, 0.25) is 0 Å². The van der Waals surface area contributed by atoms with E-state index in [2.05, 4.69) is 22.6 Å². The molecule has 1 aromatic carbocycles. The standard InChI is InChI=1S/C16H25N3O2/c1-16(2,3)21-15(20)18-14-8-6-5-7-13(14)17-12-9-10-19(4)11-12/h5-8,12,17H,9-11H2,1-4H3,(H,18,20). The molecule has 2 N–H and O–H groups in total. The van der Waals surface area contributed by atoms with Gasteiger partial charge < -0.3 is 15.0 Å². The molecule has 1 amide bonds. The fourth-order valence-corrected chi connectivity index (χ4v) is 2.40. The van der Waals surface area contributed by atoms with Crippen molar-refractivity contribution in [3.8, 4) is 0 Å². The van der Waals surface area contributed by atoms with Crippen molar-refractivity contribution in [2.45, 2.75) is 38.8 Å². The number of likely N-dealkylation sites (N-methyl/N-ethyl adjacent to an activating group) is 1. The van der Waals surface area contributed by atoms with Gasteiger partial charge >= 0.3 is 6.09 Å². The Morgan fingerprint density at radius 2 is 1.95 bits per heavy atom. The molecular weight excluding hydrogens is 266 g/mol. The van der Waals surface area contributed by atoms with Crippen LogP contribution in [-0.2, 0) is 4.74 Å². The van der Waals surface area contributed by atoms with Crippen molar-refractivity contribution < 1.29 is 9.53 Å². The Labute approximate surface area is 126 Å². The average Bonchev–Trinajstić information content (AvgIpc) is 2.75. The van der Waals surface area contributed by atoms with Crippen molar-refractivity contribution >= 4 is 17.5 Å². The van der Waals surface area contributed by atoms with Crippen LogP contribution in [-0.4, -0.2) is 42.8 Å². The molecule has 5 heteroatoms. The Kier molecular flexibility index (Phi) is 4.73. The maximum atomic E-state index is 11.9. The summed E-state index contributed by atoms with van der Waals surface area (Å²) in [6, 6.07) is 8.13. The number of carbonyl (C=O) groups is 1. The minimum Gasteiger partial charge on any atom is -0.444 e. The van der Waals surface area contributed by atoms with Crippen molar-refractivity contribution in [3.63, 3.8) is 0 Å². The molecular formula is C16H25N3O2. The third-order valence-corrected chi connectivity index (χ3v) is 3.31. The fourth-order valence-electron chi connectivity index (χ4n) is 2.40. The van der Waals surface area contributed by atoms with E-state index in [0.29, 0.717) is 6.04 Å². The first-order valence-corrected chi connectivity index (χ1v) is 7.37. The van der Waals surface area contributed by atoms with Gasteiger partial charge in [-0.15, -0.1) is 0 Å². The van der Waals surface area contributed by atoms with Crippen LogP contribution < -0.4 is 10.6 Å². The topological polar surface area (TPSA) is 53.6 Å². The SMILES string of the molecule is CN1CCC(Nc2ccccc2NC(=O)OC(C)(C)C)C1. The Hall–Kier alpha value is -1.75. The van der Waals surface area contributed by atoms with Gasteiger partial charge in [-0.05, 0) is 52.9 Å². The van der Waals surface area contributed by atoms with E-state index < -0.39 is 11.7 Å². The van der Waals surface area contributed by atoms with Crippen LogP contribution in [0, 0.1) is 0 Å². The van der Waals surface area contributed by atoms with Crippen LogP contribution in [0.4, 0.5) is 16.2 Å². The van der Waals surface area contributed by atoms with E-state index >= 15 is 0 Å². The number of likely N-dealkylation sites (tertiary alicyclic amines) is 1. The van der Waals surface area contributed by atoms with Crippen molar-refractivity contribution in [1.82, 2.24) is 4.90 Å². The number of nitrogens with one attached hydrogen (secondary N) is 2. The predicted octanol–water partition coefficient (Wildman–Crippen LogP) is 3.15. The number of hydrogen-bond acceptors (Lipinski definition) is 4. The molecule has 0 spiro atoms. The summed E-state index contributed by atoms with van der Waals surface area (Å²) in [5.74, 6) is 0. The number of para-hydroxylation sites is 2. The molecule has 0 aromatic heterocycles. The predicted molar refractivity (Wildman–Crippen MR) is 85.8 cm³/mol. The molecule has 21 heavy (non-hydrogen) atoms. The first-order chi connectivity index (χ1) is 9.83. The van der Waals surface area contributed by atoms with Crippen LogP contribution in [0.15, 0.2) is 24.3 Å². The Morgan fingerprint density at radius 3 is 2.52 bits per heavy atom. The van der Waals surface area contributed by atoms with E-state index in [1.807, 2.05) is 45.0 Å². The third-order valence-electron chi connectivity index (χ3n) is 3.31. The van der Waals surface area contributed by atoms with E-state index in [4.69, 9.17) is 4.74 Å². The van der Waals surface area contributed by atoms with Gasteiger partial charge in [0.05, 0.1) is 11.4 Å². The molecule has 1 aliphatic heterocycles. The van der Waals surface area contributed by atoms with E-state index in [1.165, 1.54) is 0 Å². The molecule has 1 aromatic rings. The summed E-state index contributed by atoms with van der Waals surface area (Å²) in [6.45, 7) is 7.67. The third kappa shape index (κ3) is 4.93. The molecule has 0 bridgehead atoms. The molecule has 1 saturated heterocycles. The molecule has 1 heterocycles. The maximum Gasteiger partial charge on any atom is 0.412 e. The highest BCUT2D eigenvalue weighted by Crippen LogP contribution is 2.24. The van der Waals surface area contributed by atoms with Gasteiger partial charge in [-0.3, -0.25) is 5.32 Å². The Bertz CT molecular complexity index is 497. The molecule has 0 aliphatic carbocycles. The zero-order valence-corrected chi connectivity index (χ0v) is 13.3. The summed E-state index contributed by atoms with van der Waals surface area (Å²) in [7, 11) is 2.12. The van der Waals surface area contributed by atoms with Gasteiger partial charge in [-0.2, -0.15) is 0 Å². The number of amides is 1. The quantitative estimate of drug-likeness (QED) is 0.898. The summed E-state index contributed by atoms with van der Waals surface area (Å²) in [4.78, 5) is 14.2. The number of hydrogen-bond donors (Lipinski definition) is 2. The highest BCUT2D eigenvalue weighted by Gasteiger charge is 2.21. The van der Waals surface area contributed by atoms with E-state index in [-0.39, 0.29) is 0 Å². The second kappa shape index (κ2) is 6.35. The lowest BCUT2D eigenvalue weighted by Crippen LogP contribution is -2.28. The second-order valence-corrected chi connectivity index (χ2v) is 6.56. The molecule has 0 saturated carbocycles. The lowest BCUT2D eigenvalue weighted by molar-refractivity contribution is 0.0636. The molecule has 116 valence electrons. The zero-order chi connectivity index (χ0) is 15.5. The van der Waals surface area contributed by atoms with Crippen molar-refractivity contribution in [3.05, 3.63) is 24.3 Å². The monoisotopic (exact) mass is 291 g/mol. The summed E-state index contributed by atoms with van der Waals surface area (Å²) in [6.07, 6.45) is 0.678. The summed E-state index contributed by atoms with van der Waals surface area (Å²) < 4.78 is 5.30. The van der Waals surface area contributed by atoms with Crippen LogP contribution in [0.2, 0.25) is 0 Å². The van der Waals surface area contributed by atoms with Crippen LogP contribution in [0.25, 0.3) is 0 Å². The second-order valence-electron chi connectivity index (χ2n) is 6.56. The first-order valence-electron chi connectivity index (χ1n) is 7.37. The Morgan fingerprint density at radius 1 is 1.29 bits per heavy atom. The number of ether oxygens (including phenoxy) is 1. The number of anilines is 2. The summed E-state index contributed by atoms with van der Waals surface area (Å²) in [5, 5.41) is 6.31. The van der Waals surface area contributed by atoms with Gasteiger partial charge in [0.25, 0.3) is 0 Å². The molecule has 2 rings (SSSR count). The van der Waals surface area contributed by atoms with Gasteiger partial charge in [-0.1, -0.05) is 12.1 Å². The normalized spacial score (nSPS) is 19.3. The van der Waals surface area contributed by atoms with Crippen LogP contribution >= 0.6 is 0 Å². The van der Waals surface area contributed by atoms with Gasteiger partial charge in [-0.25, -0.2) is 4.79 Å². The highest BCUT2D eigenvalue weighted by molar-refractivity contribution is 5.89. The van der Waals surface area contributed by atoms with Crippen LogP contribution in [0.1, 0.15) is 27.2 Å². The van der Waals surface area contributed by atoms with Crippen LogP contribution in [0.3, 0.4) is 0 Å².